The molecule has 0 aromatic carbocycles. The van der Waals surface area contributed by atoms with E-state index in [1.54, 1.807) is 6.42 Å². The number of allylic oxidation sites excluding steroid dienone is 4. The molecule has 2 heteroatoms. The van der Waals surface area contributed by atoms with Crippen LogP contribution < -0.4 is 5.32 Å². The van der Waals surface area contributed by atoms with Crippen molar-refractivity contribution in [2.75, 3.05) is 13.6 Å². The molecule has 0 spiro atoms. The first-order valence-electron chi connectivity index (χ1n) is 19.4. The molecule has 1 aromatic rings. The zero-order valence-corrected chi connectivity index (χ0v) is 33.3. The van der Waals surface area contributed by atoms with E-state index in [0.717, 1.165) is 48.5 Å². The van der Waals surface area contributed by atoms with Crippen LogP contribution in [0.4, 0.5) is 0 Å². The van der Waals surface area contributed by atoms with Gasteiger partial charge in [-0.05, 0) is 110 Å². The first-order valence-corrected chi connectivity index (χ1v) is 20.3. The summed E-state index contributed by atoms with van der Waals surface area (Å²) >= 11 is 1.82. The molecule has 0 radical (unpaired) electrons. The highest BCUT2D eigenvalue weighted by atomic mass is 32.1. The Morgan fingerprint density at radius 1 is 0.935 bits per heavy atom. The monoisotopic (exact) mass is 654 g/mol. The quantitative estimate of drug-likeness (QED) is 0.228. The molecule has 4 aliphatic carbocycles. The maximum Gasteiger partial charge on any atom is 0.0199 e. The summed E-state index contributed by atoms with van der Waals surface area (Å²) in [6.45, 7) is 28.3. The van der Waals surface area contributed by atoms with Crippen molar-refractivity contribution < 1.29 is 0 Å². The number of nitrogens with one attached hydrogen (secondary N) is 1. The lowest BCUT2D eigenvalue weighted by Gasteiger charge is -2.22. The molecule has 1 nitrogen and oxygen atoms in total. The molecule has 6 unspecified atom stereocenters. The van der Waals surface area contributed by atoms with Gasteiger partial charge in [0, 0.05) is 11.4 Å². The fraction of sp³-hybridized carbons (Fsp3) is 0.727. The van der Waals surface area contributed by atoms with Crippen LogP contribution >= 0.6 is 11.3 Å². The Bertz CT molecular complexity index is 906. The molecule has 5 rings (SSSR count). The Labute approximate surface area is 293 Å². The maximum absolute atomic E-state index is 3.84. The van der Waals surface area contributed by atoms with E-state index in [2.05, 4.69) is 109 Å². The topological polar surface area (TPSA) is 12.0 Å². The molecule has 4 aliphatic rings. The van der Waals surface area contributed by atoms with Crippen molar-refractivity contribution in [2.45, 2.75) is 152 Å². The van der Waals surface area contributed by atoms with Gasteiger partial charge in [0.05, 0.1) is 0 Å². The molecule has 2 bridgehead atoms. The first-order chi connectivity index (χ1) is 22.1. The average Bonchev–Trinajstić information content (AvgIpc) is 3.65. The molecule has 1 aromatic heterocycles. The normalized spacial score (nSPS) is 27.0. The number of hydrogen-bond acceptors (Lipinski definition) is 2. The third-order valence-corrected chi connectivity index (χ3v) is 11.2. The number of hydrogen-bond donors (Lipinski definition) is 1. The fourth-order valence-corrected chi connectivity index (χ4v) is 7.93. The van der Waals surface area contributed by atoms with Crippen LogP contribution in [0.2, 0.25) is 0 Å². The third-order valence-electron chi connectivity index (χ3n) is 10.2. The summed E-state index contributed by atoms with van der Waals surface area (Å²) in [5, 5.41) is 5.26. The maximum atomic E-state index is 3.84. The van der Waals surface area contributed by atoms with E-state index in [4.69, 9.17) is 0 Å². The summed E-state index contributed by atoms with van der Waals surface area (Å²) in [5.41, 5.74) is 1.78. The Balaban J connectivity index is 0.000000560. The number of fused-ring (bicyclic) bond motifs is 2. The molecular weight excluding hydrogens is 575 g/mol. The van der Waals surface area contributed by atoms with Gasteiger partial charge in [0.1, 0.15) is 0 Å². The molecule has 0 amide bonds. The second-order valence-corrected chi connectivity index (χ2v) is 15.7. The minimum Gasteiger partial charge on any atom is -0.316 e. The molecule has 1 heterocycles. The summed E-state index contributed by atoms with van der Waals surface area (Å²) < 4.78 is 0. The molecule has 1 N–H and O–H groups in total. The summed E-state index contributed by atoms with van der Waals surface area (Å²) in [4.78, 5) is 1.47. The molecule has 0 aliphatic heterocycles. The lowest BCUT2D eigenvalue weighted by Crippen LogP contribution is -2.14. The Morgan fingerprint density at radius 2 is 1.63 bits per heavy atom. The molecule has 3 fully saturated rings. The highest BCUT2D eigenvalue weighted by Crippen LogP contribution is 2.47. The van der Waals surface area contributed by atoms with Gasteiger partial charge in [-0.2, -0.15) is 0 Å². The second-order valence-electron chi connectivity index (χ2n) is 14.7. The van der Waals surface area contributed by atoms with Gasteiger partial charge in [0.15, 0.2) is 0 Å². The van der Waals surface area contributed by atoms with Crippen molar-refractivity contribution in [3.63, 3.8) is 0 Å². The lowest BCUT2D eigenvalue weighted by molar-refractivity contribution is 0.305. The van der Waals surface area contributed by atoms with Crippen LogP contribution in [0.5, 0.6) is 0 Å². The minimum absolute atomic E-state index is 0.372. The van der Waals surface area contributed by atoms with Crippen LogP contribution in [0.3, 0.4) is 0 Å². The molecule has 266 valence electrons. The summed E-state index contributed by atoms with van der Waals surface area (Å²) in [7, 11) is 1.98. The molecule has 0 saturated heterocycles. The van der Waals surface area contributed by atoms with Gasteiger partial charge in [-0.3, -0.25) is 0 Å². The van der Waals surface area contributed by atoms with E-state index < -0.39 is 0 Å². The summed E-state index contributed by atoms with van der Waals surface area (Å²) in [5.74, 6) is 6.19. The Morgan fingerprint density at radius 3 is 2.11 bits per heavy atom. The predicted octanol–water partition coefficient (Wildman–Crippen LogP) is 14.3. The van der Waals surface area contributed by atoms with Crippen molar-refractivity contribution in [1.82, 2.24) is 5.32 Å². The van der Waals surface area contributed by atoms with E-state index in [1.165, 1.54) is 87.5 Å². The van der Waals surface area contributed by atoms with Gasteiger partial charge >= 0.3 is 0 Å². The number of aryl methyl sites for hydroxylation is 1. The van der Waals surface area contributed by atoms with Crippen molar-refractivity contribution >= 4 is 11.3 Å². The lowest BCUT2D eigenvalue weighted by atomic mass is 9.84. The summed E-state index contributed by atoms with van der Waals surface area (Å²) in [6, 6.07) is 4.24. The SMILES string of the molecule is C=CCC.C=CCC1CC2CCCC1C2.CC.CCC1CC(C)CCCC1C.CCc1cccs1.CNCC1=CCC(C)(C)C=C1. The van der Waals surface area contributed by atoms with Crippen LogP contribution in [-0.2, 0) is 6.42 Å². The van der Waals surface area contributed by atoms with Gasteiger partial charge in [0.2, 0.25) is 0 Å². The standard InChI is InChI=1S/C11H18.C11H22.C10H17N.C6H8S.C4H8.C2H6/c1-2-4-10-7-9-5-3-6-11(10)8-9;1-4-11-8-9(2)6-5-7-10(11)3;1-10(2)6-4-9(5-7-10)8-11-3;1-2-6-4-3-5-7-6;1-3-4-2;1-2/h2,9-11H,1,3-8H2;9-11H,4-8H2,1-3H3;4-6,11H,7-8H2,1-3H3;3-5H,2H2,1H3;3H,1,4H2,2H3;1-2H3. The van der Waals surface area contributed by atoms with Crippen LogP contribution in [-0.4, -0.2) is 13.6 Å². The number of thiophene rings is 1. The minimum atomic E-state index is 0.372. The Hall–Kier alpha value is -1.38. The van der Waals surface area contributed by atoms with Crippen LogP contribution in [0.1, 0.15) is 151 Å². The highest BCUT2D eigenvalue weighted by Gasteiger charge is 2.35. The zero-order valence-electron chi connectivity index (χ0n) is 32.5. The zero-order chi connectivity index (χ0) is 34.8. The van der Waals surface area contributed by atoms with E-state index in [1.807, 2.05) is 38.3 Å². The van der Waals surface area contributed by atoms with Crippen molar-refractivity contribution in [3.8, 4) is 0 Å². The van der Waals surface area contributed by atoms with Crippen molar-refractivity contribution in [2.24, 2.45) is 40.9 Å². The van der Waals surface area contributed by atoms with Gasteiger partial charge in [-0.15, -0.1) is 24.5 Å². The Kier molecular flexibility index (Phi) is 26.7. The van der Waals surface area contributed by atoms with Crippen LogP contribution in [0.25, 0.3) is 0 Å². The van der Waals surface area contributed by atoms with Crippen molar-refractivity contribution in [3.05, 3.63) is 71.5 Å². The third kappa shape index (κ3) is 20.1. The van der Waals surface area contributed by atoms with Crippen molar-refractivity contribution in [1.29, 1.82) is 0 Å². The predicted molar refractivity (Wildman–Crippen MR) is 214 cm³/mol. The van der Waals surface area contributed by atoms with Crippen LogP contribution in [0, 0.1) is 40.9 Å². The molecule has 6 atom stereocenters. The van der Waals surface area contributed by atoms with Gasteiger partial charge in [-0.1, -0.05) is 144 Å². The van der Waals surface area contributed by atoms with Gasteiger partial charge in [-0.25, -0.2) is 0 Å². The second kappa shape index (κ2) is 27.6. The molecule has 46 heavy (non-hydrogen) atoms. The van der Waals surface area contributed by atoms with Gasteiger partial charge < -0.3 is 5.32 Å². The van der Waals surface area contributed by atoms with E-state index >= 15 is 0 Å². The smallest absolute Gasteiger partial charge is 0.0199 e. The van der Waals surface area contributed by atoms with E-state index in [0.29, 0.717) is 5.41 Å². The summed E-state index contributed by atoms with van der Waals surface area (Å²) in [6.07, 6.45) is 30.4. The largest absolute Gasteiger partial charge is 0.316 e. The van der Waals surface area contributed by atoms with Gasteiger partial charge in [0.25, 0.3) is 0 Å². The van der Waals surface area contributed by atoms with E-state index in [9.17, 15) is 0 Å². The molecular formula is C44H79NS. The number of rotatable bonds is 7. The molecule has 3 saturated carbocycles. The fourth-order valence-electron chi connectivity index (χ4n) is 7.27. The first kappa shape index (κ1) is 44.6. The van der Waals surface area contributed by atoms with Crippen LogP contribution in [0.15, 0.2) is 66.6 Å². The average molecular weight is 654 g/mol. The number of likely N-dealkylation sites (N-methyl/N-ethyl adjacent to an activating group) is 1. The van der Waals surface area contributed by atoms with E-state index in [-0.39, 0.29) is 0 Å². The highest BCUT2D eigenvalue weighted by molar-refractivity contribution is 7.09.